The van der Waals surface area contributed by atoms with Crippen molar-refractivity contribution in [3.8, 4) is 0 Å². The van der Waals surface area contributed by atoms with Gasteiger partial charge in [0.25, 0.3) is 0 Å². The van der Waals surface area contributed by atoms with Gasteiger partial charge < -0.3 is 34.8 Å². The molecule has 1 aliphatic carbocycles. The number of benzene rings is 1. The Labute approximate surface area is 270 Å². The minimum Gasteiger partial charge on any atom is -0.450 e. The van der Waals surface area contributed by atoms with E-state index in [2.05, 4.69) is 25.0 Å². The molecule has 45 heavy (non-hydrogen) atoms. The summed E-state index contributed by atoms with van der Waals surface area (Å²) in [6.07, 6.45) is 7.49. The summed E-state index contributed by atoms with van der Waals surface area (Å²) in [4.78, 5) is 29.8. The van der Waals surface area contributed by atoms with Crippen molar-refractivity contribution in [2.24, 2.45) is 5.92 Å². The molecule has 1 heterocycles. The summed E-state index contributed by atoms with van der Waals surface area (Å²) in [7, 11) is 1.95. The minimum atomic E-state index is -1.36. The fourth-order valence-electron chi connectivity index (χ4n) is 6.79. The number of amides is 3. The van der Waals surface area contributed by atoms with Crippen LogP contribution in [-0.2, 0) is 15.1 Å². The fourth-order valence-corrected chi connectivity index (χ4v) is 7.51. The first-order valence-electron chi connectivity index (χ1n) is 16.9. The van der Waals surface area contributed by atoms with Gasteiger partial charge in [-0.1, -0.05) is 51.0 Å². The number of urea groups is 1. The number of rotatable bonds is 15. The Morgan fingerprint density at radius 2 is 1.91 bits per heavy atom. The molecule has 1 aromatic carbocycles. The molecule has 1 aliphatic heterocycles. The van der Waals surface area contributed by atoms with Gasteiger partial charge in [0, 0.05) is 54.4 Å². The highest BCUT2D eigenvalue weighted by Gasteiger charge is 2.42. The number of aliphatic hydroxyl groups is 2. The minimum absolute atomic E-state index is 0.212. The number of piperidine rings is 1. The van der Waals surface area contributed by atoms with E-state index in [1.165, 1.54) is 17.0 Å². The summed E-state index contributed by atoms with van der Waals surface area (Å²) in [5.41, 5.74) is -1.67. The van der Waals surface area contributed by atoms with Gasteiger partial charge in [-0.25, -0.2) is 14.0 Å². The molecule has 1 saturated carbocycles. The number of carbonyl (C=O) groups is 2. The van der Waals surface area contributed by atoms with Crippen molar-refractivity contribution in [1.29, 1.82) is 0 Å². The molecule has 0 spiro atoms. The van der Waals surface area contributed by atoms with Gasteiger partial charge in [0.1, 0.15) is 5.82 Å². The van der Waals surface area contributed by atoms with Gasteiger partial charge in [0.05, 0.1) is 23.9 Å². The van der Waals surface area contributed by atoms with Crippen molar-refractivity contribution in [2.75, 3.05) is 47.0 Å². The van der Waals surface area contributed by atoms with E-state index in [1.807, 2.05) is 0 Å². The second kappa shape index (κ2) is 17.1. The Morgan fingerprint density at radius 3 is 2.58 bits per heavy atom. The first kappa shape index (κ1) is 37.2. The molecule has 2 aliphatic rings. The zero-order valence-corrected chi connectivity index (χ0v) is 29.3. The van der Waals surface area contributed by atoms with Crippen LogP contribution in [0.25, 0.3) is 0 Å². The highest BCUT2D eigenvalue weighted by Crippen LogP contribution is 2.40. The van der Waals surface area contributed by atoms with Crippen molar-refractivity contribution in [2.45, 2.75) is 114 Å². The number of likely N-dealkylation sites (N-methyl/N-ethyl adjacent to an activating group) is 1. The molecule has 3 rings (SSSR count). The van der Waals surface area contributed by atoms with Crippen molar-refractivity contribution < 1.29 is 33.7 Å². The number of nitrogens with zero attached hydrogens (tertiary/aromatic N) is 2. The average molecular weight is 652 g/mol. The number of hydrogen-bond donors (Lipinski definition) is 3. The molecule has 0 bridgehead atoms. The Hall–Kier alpha value is -2.21. The third-order valence-corrected chi connectivity index (χ3v) is 11.2. The molecule has 3 amide bonds. The van der Waals surface area contributed by atoms with E-state index < -0.39 is 37.2 Å². The van der Waals surface area contributed by atoms with E-state index in [0.29, 0.717) is 76.8 Å². The lowest BCUT2D eigenvalue weighted by Crippen LogP contribution is -2.55. The number of nitrogens with one attached hydrogen (secondary N) is 1. The zero-order chi connectivity index (χ0) is 33.1. The smallest absolute Gasteiger partial charge is 0.409 e. The van der Waals surface area contributed by atoms with Crippen LogP contribution in [0.2, 0.25) is 25.7 Å². The maximum atomic E-state index is 14.3. The van der Waals surface area contributed by atoms with Gasteiger partial charge in [-0.2, -0.15) is 0 Å². The second-order valence-electron chi connectivity index (χ2n) is 14.6. The largest absolute Gasteiger partial charge is 0.450 e. The maximum absolute atomic E-state index is 14.3. The van der Waals surface area contributed by atoms with Gasteiger partial charge in [-0.05, 0) is 75.1 Å². The third-order valence-electron chi connectivity index (χ3n) is 9.49. The second-order valence-corrected chi connectivity index (χ2v) is 20.2. The topological polar surface area (TPSA) is 112 Å². The average Bonchev–Trinajstić information content (AvgIpc) is 2.98. The molecule has 0 radical (unpaired) electrons. The predicted octanol–water partition coefficient (Wildman–Crippen LogP) is 6.11. The number of ether oxygens (including phenoxy) is 2. The van der Waals surface area contributed by atoms with Crippen molar-refractivity contribution in [1.82, 2.24) is 15.1 Å². The molecule has 256 valence electrons. The lowest BCUT2D eigenvalue weighted by Gasteiger charge is -2.43. The van der Waals surface area contributed by atoms with Gasteiger partial charge >= 0.3 is 12.1 Å². The van der Waals surface area contributed by atoms with Gasteiger partial charge in [-0.15, -0.1) is 0 Å². The van der Waals surface area contributed by atoms with Crippen LogP contribution in [0.1, 0.15) is 76.2 Å². The van der Waals surface area contributed by atoms with Crippen LogP contribution >= 0.6 is 0 Å². The summed E-state index contributed by atoms with van der Waals surface area (Å²) in [6.45, 7) is 8.68. The first-order valence-corrected chi connectivity index (χ1v) is 20.6. The van der Waals surface area contributed by atoms with E-state index in [4.69, 9.17) is 9.47 Å². The highest BCUT2D eigenvalue weighted by atomic mass is 28.3. The van der Waals surface area contributed by atoms with Crippen molar-refractivity contribution in [3.05, 3.63) is 35.6 Å². The Balaban J connectivity index is 1.73. The highest BCUT2D eigenvalue weighted by molar-refractivity contribution is 6.76. The Bertz CT molecular complexity index is 1080. The number of unbranched alkanes of at least 4 members (excludes halogenated alkanes) is 1. The summed E-state index contributed by atoms with van der Waals surface area (Å²) in [6, 6.07) is 6.25. The number of likely N-dealkylation sites (tertiary alicyclic amines) is 1. The number of hydrogen-bond acceptors (Lipinski definition) is 6. The van der Waals surface area contributed by atoms with Crippen LogP contribution in [0.5, 0.6) is 0 Å². The van der Waals surface area contributed by atoms with E-state index in [1.54, 1.807) is 31.2 Å². The van der Waals surface area contributed by atoms with Crippen LogP contribution in [0.15, 0.2) is 24.3 Å². The molecule has 3 N–H and O–H groups in total. The van der Waals surface area contributed by atoms with Gasteiger partial charge in [-0.3, -0.25) is 0 Å². The summed E-state index contributed by atoms with van der Waals surface area (Å²) >= 11 is 0. The molecule has 1 saturated heterocycles. The van der Waals surface area contributed by atoms with Crippen LogP contribution < -0.4 is 5.32 Å². The third kappa shape index (κ3) is 11.8. The molecular weight excluding hydrogens is 593 g/mol. The Kier molecular flexibility index (Phi) is 14.1. The molecule has 3 atom stereocenters. The van der Waals surface area contributed by atoms with Crippen LogP contribution in [0.4, 0.5) is 14.0 Å². The van der Waals surface area contributed by atoms with Gasteiger partial charge in [0.2, 0.25) is 0 Å². The molecule has 1 aromatic rings. The molecule has 2 fully saturated rings. The lowest BCUT2D eigenvalue weighted by atomic mass is 9.74. The molecule has 11 heteroatoms. The molecule has 0 aromatic heterocycles. The summed E-state index contributed by atoms with van der Waals surface area (Å²) in [5, 5.41) is 26.6. The number of carbonyl (C=O) groups excluding carboxylic acids is 2. The fraction of sp³-hybridized carbons (Fsp3) is 0.765. The molecule has 9 nitrogen and oxygen atoms in total. The van der Waals surface area contributed by atoms with Crippen LogP contribution in [-0.4, -0.2) is 98.9 Å². The maximum Gasteiger partial charge on any atom is 0.409 e. The van der Waals surface area contributed by atoms with Crippen LogP contribution in [0.3, 0.4) is 0 Å². The van der Waals surface area contributed by atoms with Crippen LogP contribution in [0, 0.1) is 11.7 Å². The number of methoxy groups -OCH3 is 1. The zero-order valence-electron chi connectivity index (χ0n) is 28.3. The normalized spacial score (nSPS) is 20.6. The summed E-state index contributed by atoms with van der Waals surface area (Å²) < 4.78 is 25.0. The van der Waals surface area contributed by atoms with E-state index in [0.717, 1.165) is 31.7 Å². The quantitative estimate of drug-likeness (QED) is 0.156. The van der Waals surface area contributed by atoms with Crippen molar-refractivity contribution >= 4 is 20.2 Å². The number of halogens is 1. The summed E-state index contributed by atoms with van der Waals surface area (Å²) in [5.74, 6) is -0.689. The van der Waals surface area contributed by atoms with E-state index >= 15 is 0 Å². The first-order chi connectivity index (χ1) is 21.2. The van der Waals surface area contributed by atoms with Gasteiger partial charge in [0.15, 0.2) is 0 Å². The van der Waals surface area contributed by atoms with Crippen molar-refractivity contribution in [3.63, 3.8) is 0 Å². The Morgan fingerprint density at radius 1 is 1.18 bits per heavy atom. The monoisotopic (exact) mass is 651 g/mol. The molecular formula is C34H58FN3O6Si. The standard InChI is InChI=1S/C34H58FN3O6Si/c1-37(32(40)44-21-22-45(3,4)5)26-30(24-33(41)16-7-6-8-17-33)36-31(39)38-19-12-14-28(25-38)34(42,18-9-10-20-43-2)27-13-11-15-29(35)23-27/h11,13,15,23,28,30,41-42H,6-10,12,14,16-22,24-26H2,1-5H3,(H,36,39)/t28-,30?,34-/m1/s1. The SMILES string of the molecule is COCCCC[C@@](O)(c1cccc(F)c1)[C@@H]1CCCN(C(=O)NC(CN(C)C(=O)OCC[Si](C)(C)C)CC2(O)CCCCC2)C1. The predicted molar refractivity (Wildman–Crippen MR) is 177 cm³/mol. The molecule has 1 unspecified atom stereocenters. The lowest BCUT2D eigenvalue weighted by molar-refractivity contribution is -0.0568. The van der Waals surface area contributed by atoms with E-state index in [9.17, 15) is 24.2 Å². The van der Waals surface area contributed by atoms with E-state index in [-0.39, 0.29) is 18.5 Å².